The third kappa shape index (κ3) is 12.8. The predicted octanol–water partition coefficient (Wildman–Crippen LogP) is 10.6. The van der Waals surface area contributed by atoms with Crippen LogP contribution in [0.15, 0.2) is 110 Å². The first-order chi connectivity index (χ1) is 30.1. The molecule has 3 aromatic carbocycles. The van der Waals surface area contributed by atoms with Gasteiger partial charge >= 0.3 is 11.9 Å². The molecule has 0 aliphatic rings. The zero-order chi connectivity index (χ0) is 45.4. The number of nitrogens with zero attached hydrogens (tertiary/aromatic N) is 5. The fraction of sp³-hybridized carbons (Fsp3) is 0.184. The van der Waals surface area contributed by atoms with Gasteiger partial charge in [0.25, 0.3) is 5.91 Å². The number of esters is 2. The average Bonchev–Trinajstić information content (AvgIpc) is 3.26. The summed E-state index contributed by atoms with van der Waals surface area (Å²) in [5.74, 6) is -0.485. The molecule has 0 radical (unpaired) electrons. The van der Waals surface area contributed by atoms with Crippen LogP contribution in [0.4, 0.5) is 5.82 Å². The molecule has 0 aliphatic carbocycles. The summed E-state index contributed by atoms with van der Waals surface area (Å²) in [6.07, 6.45) is 5.10. The van der Waals surface area contributed by atoms with E-state index in [9.17, 15) is 19.6 Å². The minimum absolute atomic E-state index is 0. The molecule has 65 heavy (non-hydrogen) atoms. The number of fused-ring (bicyclic) bond motifs is 3. The van der Waals surface area contributed by atoms with E-state index in [2.05, 4.69) is 40.8 Å². The number of nitrogen functional groups attached to an aromatic ring is 1. The third-order valence-electron chi connectivity index (χ3n) is 9.76. The maximum atomic E-state index is 12.7. The van der Waals surface area contributed by atoms with Crippen LogP contribution in [0, 0.1) is 26.0 Å². The van der Waals surface area contributed by atoms with Crippen molar-refractivity contribution in [1.82, 2.24) is 25.3 Å². The second kappa shape index (κ2) is 22.6. The molecule has 5 aromatic heterocycles. The molecule has 0 saturated carbocycles. The number of aryl methyl sites for hydroxylation is 3. The maximum Gasteiger partial charge on any atom is 0.337 e. The zero-order valence-electron chi connectivity index (χ0n) is 34.7. The molecule has 0 atom stereocenters. The summed E-state index contributed by atoms with van der Waals surface area (Å²) in [7, 11) is 2.65. The summed E-state index contributed by atoms with van der Waals surface area (Å²) in [6.45, 7) is 6.13. The fourth-order valence-corrected chi connectivity index (χ4v) is 7.12. The summed E-state index contributed by atoms with van der Waals surface area (Å²) in [5, 5.41) is 18.4. The number of rotatable bonds is 7. The molecule has 13 nitrogen and oxygen atoms in total. The SMILES string of the molecule is C.C.COC(=O)c1ccc2c(cc(Cl)c[n+]2[O-])c1.COC(=O)c1ccc2ncc(Cl)cc2c1.Cc1cc(N)nc(C)c1CNC(=O)c1ccnc(Cc2ccc3nc(C)c(Cl)cc3c2)c1. The number of aromatic nitrogens is 5. The Morgan fingerprint density at radius 3 is 2.05 bits per heavy atom. The smallest absolute Gasteiger partial charge is 0.337 e. The normalized spacial score (nSPS) is 10.3. The molecule has 8 rings (SSSR count). The minimum Gasteiger partial charge on any atom is -0.618 e. The lowest BCUT2D eigenvalue weighted by atomic mass is 10.0. The number of hydrogen-bond donors (Lipinski definition) is 2. The number of nitrogens with one attached hydrogen (secondary N) is 1. The van der Waals surface area contributed by atoms with Crippen LogP contribution in [0.3, 0.4) is 0 Å². The van der Waals surface area contributed by atoms with Crippen molar-refractivity contribution in [1.29, 1.82) is 0 Å². The van der Waals surface area contributed by atoms with Crippen molar-refractivity contribution in [2.45, 2.75) is 48.6 Å². The van der Waals surface area contributed by atoms with Gasteiger partial charge in [-0.3, -0.25) is 19.7 Å². The highest BCUT2D eigenvalue weighted by atomic mass is 35.5. The lowest BCUT2D eigenvalue weighted by Crippen LogP contribution is -2.26. The number of hydrogen-bond acceptors (Lipinski definition) is 11. The molecule has 16 heteroatoms. The van der Waals surface area contributed by atoms with Gasteiger partial charge in [0.1, 0.15) is 10.8 Å². The molecule has 3 N–H and O–H groups in total. The summed E-state index contributed by atoms with van der Waals surface area (Å²) in [4.78, 5) is 52.7. The number of carbonyl (C=O) groups is 3. The van der Waals surface area contributed by atoms with Gasteiger partial charge in [-0.2, -0.15) is 4.73 Å². The van der Waals surface area contributed by atoms with E-state index in [1.54, 1.807) is 60.9 Å². The van der Waals surface area contributed by atoms with Crippen molar-refractivity contribution in [3.63, 3.8) is 0 Å². The molecule has 0 fully saturated rings. The van der Waals surface area contributed by atoms with E-state index in [-0.39, 0.29) is 26.7 Å². The van der Waals surface area contributed by atoms with E-state index < -0.39 is 5.97 Å². The van der Waals surface area contributed by atoms with E-state index in [1.165, 1.54) is 26.5 Å². The highest BCUT2D eigenvalue weighted by molar-refractivity contribution is 6.32. The van der Waals surface area contributed by atoms with Gasteiger partial charge in [0.2, 0.25) is 5.52 Å². The van der Waals surface area contributed by atoms with Gasteiger partial charge in [0.15, 0.2) is 6.20 Å². The highest BCUT2D eigenvalue weighted by Crippen LogP contribution is 2.24. The number of pyridine rings is 5. The van der Waals surface area contributed by atoms with Gasteiger partial charge < -0.3 is 25.7 Å². The van der Waals surface area contributed by atoms with Gasteiger partial charge in [-0.05, 0) is 116 Å². The fourth-order valence-electron chi connectivity index (χ4n) is 6.59. The van der Waals surface area contributed by atoms with E-state index in [0.717, 1.165) is 55.6 Å². The van der Waals surface area contributed by atoms with Crippen molar-refractivity contribution in [2.24, 2.45) is 0 Å². The summed E-state index contributed by atoms with van der Waals surface area (Å²) >= 11 is 17.8. The Morgan fingerprint density at radius 2 is 1.35 bits per heavy atom. The summed E-state index contributed by atoms with van der Waals surface area (Å²) < 4.78 is 9.88. The van der Waals surface area contributed by atoms with E-state index >= 15 is 0 Å². The van der Waals surface area contributed by atoms with Crippen LogP contribution in [-0.2, 0) is 22.4 Å². The third-order valence-corrected chi connectivity index (χ3v) is 10.6. The Kier molecular flexibility index (Phi) is 17.6. The molecule has 0 spiro atoms. The van der Waals surface area contributed by atoms with E-state index in [0.29, 0.717) is 66.2 Å². The standard InChI is InChI=1S/C25H24ClN5O.C11H8ClNO3.C11H8ClNO2.2CH4/c1-14-8-24(27)31-15(2)21(14)13-29-25(32)18-6-7-28-20(11-18)10-17-4-5-23-19(9-17)12-22(26)16(3)30-23;1-16-11(14)7-2-3-10-8(4-7)5-9(12)6-13(10)15;1-15-11(14)7-2-3-10-8(4-7)5-9(12)6-13-10;;/h4-9,11-12H,10,13H2,1-3H3,(H2,27,31)(H,29,32);2-6H,1H3;2-6H,1H3;2*1H4. The van der Waals surface area contributed by atoms with Crippen LogP contribution in [0.25, 0.3) is 32.7 Å². The van der Waals surface area contributed by atoms with Crippen LogP contribution in [0.5, 0.6) is 0 Å². The van der Waals surface area contributed by atoms with Crippen molar-refractivity contribution < 1.29 is 28.6 Å². The van der Waals surface area contributed by atoms with E-state index in [4.69, 9.17) is 40.5 Å². The molecule has 8 aromatic rings. The zero-order valence-corrected chi connectivity index (χ0v) is 37.0. The second-order valence-electron chi connectivity index (χ2n) is 14.2. The Morgan fingerprint density at radius 1 is 0.708 bits per heavy atom. The Labute approximate surface area is 392 Å². The number of nitrogens with two attached hydrogens (primary N) is 1. The Bertz CT molecular complexity index is 3020. The number of amides is 1. The van der Waals surface area contributed by atoms with Gasteiger partial charge in [-0.1, -0.05) is 55.7 Å². The Balaban J connectivity index is 0.000000235. The monoisotopic (exact) mass is 935 g/mol. The number of halogens is 3. The first-order valence-corrected chi connectivity index (χ1v) is 20.3. The number of methoxy groups -OCH3 is 2. The van der Waals surface area contributed by atoms with Crippen molar-refractivity contribution >= 4 is 91.2 Å². The number of benzene rings is 3. The largest absolute Gasteiger partial charge is 0.618 e. The van der Waals surface area contributed by atoms with Crippen molar-refractivity contribution in [3.8, 4) is 0 Å². The minimum atomic E-state index is -0.445. The first kappa shape index (κ1) is 50.7. The highest BCUT2D eigenvalue weighted by Gasteiger charge is 2.13. The summed E-state index contributed by atoms with van der Waals surface area (Å²) in [6, 6.07) is 26.5. The van der Waals surface area contributed by atoms with Crippen LogP contribution < -0.4 is 15.8 Å². The van der Waals surface area contributed by atoms with Gasteiger partial charge in [0.05, 0.1) is 52.1 Å². The first-order valence-electron chi connectivity index (χ1n) is 19.2. The Hall–Kier alpha value is -6.93. The lowest BCUT2D eigenvalue weighted by molar-refractivity contribution is -0.576. The molecule has 336 valence electrons. The van der Waals surface area contributed by atoms with Gasteiger partial charge in [0, 0.05) is 64.5 Å². The number of anilines is 1. The molecule has 5 heterocycles. The quantitative estimate of drug-likeness (QED) is 0.0880. The van der Waals surface area contributed by atoms with Gasteiger partial charge in [-0.25, -0.2) is 14.6 Å². The molecular formula is C49H48Cl3N7O6. The molecule has 0 unspecified atom stereocenters. The van der Waals surface area contributed by atoms with Gasteiger partial charge in [-0.15, -0.1) is 0 Å². The molecule has 0 saturated heterocycles. The van der Waals surface area contributed by atoms with Crippen molar-refractivity contribution in [2.75, 3.05) is 20.0 Å². The molecule has 0 bridgehead atoms. The van der Waals surface area contributed by atoms with Crippen LogP contribution in [0.2, 0.25) is 15.1 Å². The van der Waals surface area contributed by atoms with Crippen molar-refractivity contribution in [3.05, 3.63) is 180 Å². The molecular weight excluding hydrogens is 889 g/mol. The number of ether oxygens (including phenoxy) is 2. The molecule has 1 amide bonds. The topological polar surface area (TPSA) is 186 Å². The van der Waals surface area contributed by atoms with E-state index in [1.807, 2.05) is 51.1 Å². The van der Waals surface area contributed by atoms with Crippen LogP contribution in [0.1, 0.15) is 79.7 Å². The lowest BCUT2D eigenvalue weighted by Gasteiger charge is -2.12. The maximum absolute atomic E-state index is 12.7. The second-order valence-corrected chi connectivity index (χ2v) is 15.5. The average molecular weight is 937 g/mol. The molecule has 0 aliphatic heterocycles. The predicted molar refractivity (Wildman–Crippen MR) is 259 cm³/mol. The summed E-state index contributed by atoms with van der Waals surface area (Å²) in [5.41, 5.74) is 14.9. The van der Waals surface area contributed by atoms with Crippen LogP contribution in [-0.4, -0.2) is 52.0 Å². The number of carbonyl (C=O) groups excluding carboxylic acids is 3. The van der Waals surface area contributed by atoms with Crippen LogP contribution >= 0.6 is 34.8 Å².